The summed E-state index contributed by atoms with van der Waals surface area (Å²) < 4.78 is 35.2. The Balaban J connectivity index is 0.00000242. The highest BCUT2D eigenvalue weighted by Gasteiger charge is 2.39. The van der Waals surface area contributed by atoms with Crippen LogP contribution in [-0.2, 0) is 31.8 Å². The molecule has 0 saturated carbocycles. The van der Waals surface area contributed by atoms with E-state index in [1.165, 1.54) is 15.4 Å². The van der Waals surface area contributed by atoms with Crippen molar-refractivity contribution in [1.82, 2.24) is 19.6 Å². The predicted molar refractivity (Wildman–Crippen MR) is 146 cm³/mol. The number of benzene rings is 3. The van der Waals surface area contributed by atoms with Gasteiger partial charge in [0.1, 0.15) is 24.7 Å². The van der Waals surface area contributed by atoms with Gasteiger partial charge in [0, 0.05) is 21.8 Å². The van der Waals surface area contributed by atoms with Crippen molar-refractivity contribution in [1.29, 1.82) is 0 Å². The van der Waals surface area contributed by atoms with Gasteiger partial charge in [-0.15, -0.1) is 9.36 Å². The first-order valence-corrected chi connectivity index (χ1v) is 13.5. The van der Waals surface area contributed by atoms with Crippen LogP contribution in [-0.4, -0.2) is 24.7 Å². The lowest BCUT2D eigenvalue weighted by atomic mass is 9.93. The average Bonchev–Trinajstić information content (AvgIpc) is 3.52. The van der Waals surface area contributed by atoms with Crippen molar-refractivity contribution in [3.8, 4) is 0 Å². The second-order valence-corrected chi connectivity index (χ2v) is 11.0. The first kappa shape index (κ1) is 34.0. The summed E-state index contributed by atoms with van der Waals surface area (Å²) in [6.07, 6.45) is 6.48. The third-order valence-electron chi connectivity index (χ3n) is 6.24. The van der Waals surface area contributed by atoms with Gasteiger partial charge in [0.2, 0.25) is 12.7 Å². The first-order chi connectivity index (χ1) is 19.1. The second-order valence-electron chi connectivity index (χ2n) is 9.39. The van der Waals surface area contributed by atoms with Crippen molar-refractivity contribution in [3.05, 3.63) is 128 Å². The summed E-state index contributed by atoms with van der Waals surface area (Å²) in [5.41, 5.74) is -0.144. The Morgan fingerprint density at radius 3 is 1.60 bits per heavy atom. The maximum Gasteiger partial charge on any atom is 0.265 e. The fraction of sp³-hybridized carbons (Fsp3) is 0.185. The monoisotopic (exact) mass is 694 g/mol. The van der Waals surface area contributed by atoms with Crippen molar-refractivity contribution >= 4 is 46.4 Å². The Bertz CT molecular complexity index is 1590. The molecule has 222 valence electrons. The Kier molecular flexibility index (Phi) is 11.6. The molecule has 0 saturated heterocycles. The number of rotatable bonds is 9. The zero-order valence-electron chi connectivity index (χ0n) is 21.5. The maximum atomic E-state index is 15.0. The van der Waals surface area contributed by atoms with E-state index in [4.69, 9.17) is 46.4 Å². The molecule has 3 aromatic carbocycles. The lowest BCUT2D eigenvalue weighted by Crippen LogP contribution is -3.00. The van der Waals surface area contributed by atoms with Gasteiger partial charge in [-0.3, -0.25) is 0 Å². The second kappa shape index (κ2) is 14.3. The number of aromatic nitrogens is 6. The molecule has 2 aromatic heterocycles. The van der Waals surface area contributed by atoms with Crippen LogP contribution in [0.4, 0.5) is 8.78 Å². The molecule has 15 heteroatoms. The van der Waals surface area contributed by atoms with Crippen LogP contribution in [0, 0.1) is 11.6 Å². The van der Waals surface area contributed by atoms with E-state index >= 15 is 0 Å². The van der Waals surface area contributed by atoms with Crippen molar-refractivity contribution in [3.63, 3.8) is 0 Å². The zero-order chi connectivity index (χ0) is 28.4. The van der Waals surface area contributed by atoms with Crippen LogP contribution in [0.2, 0.25) is 20.1 Å². The molecule has 0 bridgehead atoms. The van der Waals surface area contributed by atoms with E-state index in [2.05, 4.69) is 10.2 Å². The molecule has 42 heavy (non-hydrogen) atoms. The number of hydrogen-bond acceptors (Lipinski definition) is 3. The van der Waals surface area contributed by atoms with Gasteiger partial charge in [0.15, 0.2) is 5.60 Å². The molecule has 0 atom stereocenters. The lowest BCUT2D eigenvalue weighted by molar-refractivity contribution is -0.689. The first-order valence-electron chi connectivity index (χ1n) is 12.0. The molecule has 7 nitrogen and oxygen atoms in total. The third kappa shape index (κ3) is 8.11. The number of nitrogens with zero attached hydrogens (tertiary/aromatic N) is 6. The molecule has 0 amide bonds. The number of halogens is 8. The van der Waals surface area contributed by atoms with Gasteiger partial charge >= 0.3 is 0 Å². The Hall–Kier alpha value is -2.50. The zero-order valence-corrected chi connectivity index (χ0v) is 26.0. The SMILES string of the molecule is OC(Cn1c[n+](Cc2ccc(Cl)c(Cl)c2)cn1)(Cn1c[n+](Cc2ccc(Cl)c(Cl)c2)cn1)c1ccc(F)cc1F.[Cl-].[Cl-]. The molecule has 5 rings (SSSR count). The summed E-state index contributed by atoms with van der Waals surface area (Å²) >= 11 is 24.3. The maximum absolute atomic E-state index is 15.0. The van der Waals surface area contributed by atoms with Gasteiger partial charge in [0.25, 0.3) is 12.7 Å². The predicted octanol–water partition coefficient (Wildman–Crippen LogP) is -0.761. The summed E-state index contributed by atoms with van der Waals surface area (Å²) in [4.78, 5) is 0. The van der Waals surface area contributed by atoms with Gasteiger partial charge in [0.05, 0.1) is 33.2 Å². The quantitative estimate of drug-likeness (QED) is 0.206. The standard InChI is InChI=1S/C27H22Cl4F2N6O.2ClH/c28-22-5-1-18(7-24(22)30)10-36-14-34-38(16-36)12-27(40,21-4-3-20(32)9-26(21)33)13-39-17-37(15-35-39)11-19-2-6-23(29)25(31)8-19;;/h1-9,14-17,40H,10-13H2;2*1H/q+2;;/p-2. The summed E-state index contributed by atoms with van der Waals surface area (Å²) in [6.45, 7) is 0.593. The minimum Gasteiger partial charge on any atom is -1.00 e. The van der Waals surface area contributed by atoms with Crippen LogP contribution < -0.4 is 33.9 Å². The van der Waals surface area contributed by atoms with Crippen molar-refractivity contribution in [2.45, 2.75) is 31.8 Å². The minimum atomic E-state index is -1.83. The fourth-order valence-electron chi connectivity index (χ4n) is 4.37. The van der Waals surface area contributed by atoms with E-state index in [0.717, 1.165) is 23.3 Å². The van der Waals surface area contributed by atoms with E-state index in [9.17, 15) is 13.9 Å². The minimum absolute atomic E-state index is 0. The molecule has 0 spiro atoms. The molecule has 1 N–H and O–H groups in total. The van der Waals surface area contributed by atoms with Gasteiger partial charge in [-0.1, -0.05) is 64.6 Å². The van der Waals surface area contributed by atoms with Crippen LogP contribution in [0.3, 0.4) is 0 Å². The number of aliphatic hydroxyl groups is 1. The van der Waals surface area contributed by atoms with Crippen LogP contribution in [0.5, 0.6) is 0 Å². The molecule has 0 aliphatic carbocycles. The smallest absolute Gasteiger partial charge is 0.265 e. The Labute approximate surface area is 272 Å². The molecule has 0 aliphatic heterocycles. The van der Waals surface area contributed by atoms with Gasteiger partial charge in [-0.05, 0) is 41.5 Å². The Morgan fingerprint density at radius 1 is 0.690 bits per heavy atom. The lowest BCUT2D eigenvalue weighted by Gasteiger charge is -2.24. The topological polar surface area (TPSA) is 63.6 Å². The molecule has 0 aliphatic rings. The summed E-state index contributed by atoms with van der Waals surface area (Å²) in [6, 6.07) is 13.7. The van der Waals surface area contributed by atoms with Crippen LogP contribution in [0.1, 0.15) is 16.7 Å². The van der Waals surface area contributed by atoms with Gasteiger partial charge in [-0.25, -0.2) is 17.9 Å². The summed E-state index contributed by atoms with van der Waals surface area (Å²) in [7, 11) is 0. The van der Waals surface area contributed by atoms with E-state index in [-0.39, 0.29) is 43.5 Å². The number of hydrogen-bond donors (Lipinski definition) is 1. The summed E-state index contributed by atoms with van der Waals surface area (Å²) in [5.74, 6) is -1.63. The summed E-state index contributed by atoms with van der Waals surface area (Å²) in [5, 5.41) is 22.3. The van der Waals surface area contributed by atoms with E-state index in [1.807, 2.05) is 12.1 Å². The molecule has 0 unspecified atom stereocenters. The molecule has 2 heterocycles. The normalized spacial score (nSPS) is 11.2. The van der Waals surface area contributed by atoms with Gasteiger partial charge < -0.3 is 29.9 Å². The van der Waals surface area contributed by atoms with E-state index in [1.54, 1.807) is 58.7 Å². The van der Waals surface area contributed by atoms with Crippen molar-refractivity contribution in [2.24, 2.45) is 0 Å². The van der Waals surface area contributed by atoms with Crippen LogP contribution in [0.25, 0.3) is 0 Å². The molecule has 0 radical (unpaired) electrons. The largest absolute Gasteiger partial charge is 1.00 e. The van der Waals surface area contributed by atoms with Crippen molar-refractivity contribution < 1.29 is 47.8 Å². The van der Waals surface area contributed by atoms with Crippen molar-refractivity contribution in [2.75, 3.05) is 0 Å². The molecular formula is C27H22Cl6F2N6O. The third-order valence-corrected chi connectivity index (χ3v) is 7.72. The molecule has 0 fully saturated rings. The molecule has 5 aromatic rings. The highest BCUT2D eigenvalue weighted by molar-refractivity contribution is 6.42. The Morgan fingerprint density at radius 2 is 1.17 bits per heavy atom. The van der Waals surface area contributed by atoms with Crippen LogP contribution in [0.15, 0.2) is 79.9 Å². The highest BCUT2D eigenvalue weighted by atomic mass is 35.5. The van der Waals surface area contributed by atoms with Crippen LogP contribution >= 0.6 is 46.4 Å². The van der Waals surface area contributed by atoms with E-state index < -0.39 is 17.2 Å². The molecular weight excluding hydrogens is 675 g/mol. The van der Waals surface area contributed by atoms with E-state index in [0.29, 0.717) is 33.2 Å². The fourth-order valence-corrected chi connectivity index (χ4v) is 5.02. The highest BCUT2D eigenvalue weighted by Crippen LogP contribution is 2.28. The average molecular weight is 697 g/mol. The van der Waals surface area contributed by atoms with Gasteiger partial charge in [-0.2, -0.15) is 0 Å².